The second-order valence-corrected chi connectivity index (χ2v) is 7.60. The molecule has 5 nitrogen and oxygen atoms in total. The maximum Gasteiger partial charge on any atom is 0.237 e. The van der Waals surface area contributed by atoms with Gasteiger partial charge in [-0.15, -0.1) is 0 Å². The average Bonchev–Trinajstić information content (AvgIpc) is 2.70. The molecule has 2 N–H and O–H groups in total. The van der Waals surface area contributed by atoms with Crippen molar-refractivity contribution in [1.82, 2.24) is 20.4 Å². The van der Waals surface area contributed by atoms with E-state index in [1.807, 2.05) is 0 Å². The zero-order chi connectivity index (χ0) is 18.0. The van der Waals surface area contributed by atoms with Crippen molar-refractivity contribution in [2.24, 2.45) is 0 Å². The lowest BCUT2D eigenvalue weighted by molar-refractivity contribution is -0.123. The predicted molar refractivity (Wildman–Crippen MR) is 106 cm³/mol. The van der Waals surface area contributed by atoms with Gasteiger partial charge in [0.15, 0.2) is 0 Å². The molecule has 2 fully saturated rings. The van der Waals surface area contributed by atoms with E-state index in [1.165, 1.54) is 18.4 Å². The molecule has 144 valence electrons. The van der Waals surface area contributed by atoms with Gasteiger partial charge in [0.05, 0.1) is 6.04 Å². The zero-order valence-electron chi connectivity index (χ0n) is 16.0. The summed E-state index contributed by atoms with van der Waals surface area (Å²) in [4.78, 5) is 17.2. The van der Waals surface area contributed by atoms with Crippen LogP contribution in [0.25, 0.3) is 0 Å². The van der Waals surface area contributed by atoms with Crippen molar-refractivity contribution >= 4 is 5.91 Å². The normalized spacial score (nSPS) is 22.2. The van der Waals surface area contributed by atoms with E-state index in [2.05, 4.69) is 50.8 Å². The summed E-state index contributed by atoms with van der Waals surface area (Å²) in [5, 5.41) is 6.40. The van der Waals surface area contributed by atoms with Gasteiger partial charge in [-0.25, -0.2) is 0 Å². The van der Waals surface area contributed by atoms with Crippen molar-refractivity contribution in [3.05, 3.63) is 35.9 Å². The van der Waals surface area contributed by atoms with Crippen molar-refractivity contribution in [2.45, 2.75) is 44.7 Å². The van der Waals surface area contributed by atoms with Crippen LogP contribution in [0.4, 0.5) is 0 Å². The summed E-state index contributed by atoms with van der Waals surface area (Å²) in [7, 11) is 0. The van der Waals surface area contributed by atoms with E-state index in [-0.39, 0.29) is 11.9 Å². The topological polar surface area (TPSA) is 47.6 Å². The third kappa shape index (κ3) is 6.38. The molecule has 0 unspecified atom stereocenters. The molecule has 5 heteroatoms. The predicted octanol–water partition coefficient (Wildman–Crippen LogP) is 1.84. The highest BCUT2D eigenvalue weighted by Crippen LogP contribution is 2.09. The van der Waals surface area contributed by atoms with Gasteiger partial charge < -0.3 is 15.5 Å². The lowest BCUT2D eigenvalue weighted by atomic mass is 10.0. The van der Waals surface area contributed by atoms with Gasteiger partial charge in [0.25, 0.3) is 0 Å². The van der Waals surface area contributed by atoms with Crippen LogP contribution in [0.5, 0.6) is 0 Å². The fourth-order valence-corrected chi connectivity index (χ4v) is 3.88. The molecule has 0 aliphatic carbocycles. The smallest absolute Gasteiger partial charge is 0.237 e. The van der Waals surface area contributed by atoms with Crippen LogP contribution >= 0.6 is 0 Å². The Morgan fingerprint density at radius 2 is 1.81 bits per heavy atom. The molecule has 1 aromatic rings. The fourth-order valence-electron chi connectivity index (χ4n) is 3.88. The number of piperidine rings is 1. The van der Waals surface area contributed by atoms with E-state index >= 15 is 0 Å². The molecule has 2 aliphatic heterocycles. The Bertz CT molecular complexity index is 522. The summed E-state index contributed by atoms with van der Waals surface area (Å²) in [6.07, 6.45) is 5.59. The van der Waals surface area contributed by atoms with Gasteiger partial charge in [0.2, 0.25) is 5.91 Å². The van der Waals surface area contributed by atoms with Crippen molar-refractivity contribution < 1.29 is 4.79 Å². The molecule has 1 amide bonds. The Kier molecular flexibility index (Phi) is 7.92. The second-order valence-electron chi connectivity index (χ2n) is 7.60. The minimum atomic E-state index is 0.0430. The number of unbranched alkanes of at least 4 members (excludes halogenated alkanes) is 1. The number of carbonyl (C=O) groups is 1. The summed E-state index contributed by atoms with van der Waals surface area (Å²) in [5.41, 5.74) is 1.41. The highest BCUT2D eigenvalue weighted by molar-refractivity contribution is 5.81. The van der Waals surface area contributed by atoms with E-state index in [0.29, 0.717) is 0 Å². The first-order valence-corrected chi connectivity index (χ1v) is 10.3. The number of nitrogens with zero attached hydrogens (tertiary/aromatic N) is 2. The number of hydrogen-bond acceptors (Lipinski definition) is 4. The van der Waals surface area contributed by atoms with Crippen LogP contribution in [0.3, 0.4) is 0 Å². The number of piperazine rings is 1. The first-order chi connectivity index (χ1) is 12.8. The molecule has 0 saturated carbocycles. The lowest BCUT2D eigenvalue weighted by Gasteiger charge is -2.34. The van der Waals surface area contributed by atoms with Crippen molar-refractivity contribution in [3.8, 4) is 0 Å². The molecule has 0 radical (unpaired) electrons. The van der Waals surface area contributed by atoms with Crippen molar-refractivity contribution in [3.63, 3.8) is 0 Å². The fraction of sp³-hybridized carbons (Fsp3) is 0.667. The first-order valence-electron chi connectivity index (χ1n) is 10.3. The van der Waals surface area contributed by atoms with E-state index in [0.717, 1.165) is 71.6 Å². The van der Waals surface area contributed by atoms with E-state index < -0.39 is 0 Å². The summed E-state index contributed by atoms with van der Waals surface area (Å²) < 4.78 is 0. The number of benzene rings is 1. The lowest BCUT2D eigenvalue weighted by Crippen LogP contribution is -2.47. The van der Waals surface area contributed by atoms with E-state index in [1.54, 1.807) is 0 Å². The Morgan fingerprint density at radius 3 is 2.54 bits per heavy atom. The summed E-state index contributed by atoms with van der Waals surface area (Å²) >= 11 is 0. The monoisotopic (exact) mass is 358 g/mol. The highest BCUT2D eigenvalue weighted by atomic mass is 16.2. The van der Waals surface area contributed by atoms with Crippen LogP contribution in [0.15, 0.2) is 30.3 Å². The Hall–Kier alpha value is -1.43. The molecule has 1 aromatic carbocycles. The minimum Gasteiger partial charge on any atom is -0.355 e. The number of carbonyl (C=O) groups excluding carboxylic acids is 1. The molecule has 2 aliphatic rings. The van der Waals surface area contributed by atoms with Gasteiger partial charge in [-0.1, -0.05) is 36.8 Å². The van der Waals surface area contributed by atoms with E-state index in [9.17, 15) is 4.79 Å². The van der Waals surface area contributed by atoms with Crippen LogP contribution in [-0.2, 0) is 11.3 Å². The third-order valence-electron chi connectivity index (χ3n) is 5.54. The first kappa shape index (κ1) is 19.3. The molecule has 2 heterocycles. The molecule has 0 bridgehead atoms. The SMILES string of the molecule is O=C(NCCCCN1CCN(Cc2ccccc2)CC1)[C@H]1CCCCN1. The number of nitrogens with one attached hydrogen (secondary N) is 2. The van der Waals surface area contributed by atoms with Gasteiger partial charge in [-0.2, -0.15) is 0 Å². The molecular formula is C21H34N4O. The average molecular weight is 359 g/mol. The molecule has 3 rings (SSSR count). The molecule has 0 aromatic heterocycles. The zero-order valence-corrected chi connectivity index (χ0v) is 16.0. The van der Waals surface area contributed by atoms with Gasteiger partial charge in [0.1, 0.15) is 0 Å². The Balaban J connectivity index is 1.22. The standard InChI is InChI=1S/C21H34N4O/c26-21(20-10-4-5-11-22-20)23-12-6-7-13-24-14-16-25(17-15-24)18-19-8-2-1-3-9-19/h1-3,8-9,20,22H,4-7,10-18H2,(H,23,26)/t20-/m1/s1. The van der Waals surface area contributed by atoms with Gasteiger partial charge in [-0.05, 0) is 44.3 Å². The molecule has 26 heavy (non-hydrogen) atoms. The van der Waals surface area contributed by atoms with Gasteiger partial charge >= 0.3 is 0 Å². The maximum atomic E-state index is 12.1. The molecule has 1 atom stereocenters. The van der Waals surface area contributed by atoms with Crippen molar-refractivity contribution in [2.75, 3.05) is 45.8 Å². The van der Waals surface area contributed by atoms with Crippen LogP contribution in [-0.4, -0.2) is 67.6 Å². The minimum absolute atomic E-state index is 0.0430. The van der Waals surface area contributed by atoms with Crippen LogP contribution in [0.1, 0.15) is 37.7 Å². The number of rotatable bonds is 8. The Morgan fingerprint density at radius 1 is 1.04 bits per heavy atom. The third-order valence-corrected chi connectivity index (χ3v) is 5.54. The van der Waals surface area contributed by atoms with Gasteiger partial charge in [0, 0.05) is 39.3 Å². The quantitative estimate of drug-likeness (QED) is 0.696. The maximum absolute atomic E-state index is 12.1. The highest BCUT2D eigenvalue weighted by Gasteiger charge is 2.20. The second kappa shape index (κ2) is 10.7. The van der Waals surface area contributed by atoms with Gasteiger partial charge in [-0.3, -0.25) is 9.69 Å². The number of hydrogen-bond donors (Lipinski definition) is 2. The largest absolute Gasteiger partial charge is 0.355 e. The molecule has 0 spiro atoms. The summed E-state index contributed by atoms with van der Waals surface area (Å²) in [6, 6.07) is 10.8. The van der Waals surface area contributed by atoms with Crippen LogP contribution < -0.4 is 10.6 Å². The summed E-state index contributed by atoms with van der Waals surface area (Å²) in [6.45, 7) is 8.63. The van der Waals surface area contributed by atoms with Crippen molar-refractivity contribution in [1.29, 1.82) is 0 Å². The summed E-state index contributed by atoms with van der Waals surface area (Å²) in [5.74, 6) is 0.194. The molecular weight excluding hydrogens is 324 g/mol. The Labute approximate surface area is 158 Å². The van der Waals surface area contributed by atoms with Crippen LogP contribution in [0, 0.1) is 0 Å². The number of amides is 1. The molecule has 2 saturated heterocycles. The van der Waals surface area contributed by atoms with Crippen LogP contribution in [0.2, 0.25) is 0 Å². The van der Waals surface area contributed by atoms with E-state index in [4.69, 9.17) is 0 Å².